The van der Waals surface area contributed by atoms with E-state index < -0.39 is 0 Å². The molecule has 1 aromatic rings. The van der Waals surface area contributed by atoms with Crippen LogP contribution in [0.2, 0.25) is 0 Å². The van der Waals surface area contributed by atoms with Crippen molar-refractivity contribution >= 4 is 11.8 Å². The van der Waals surface area contributed by atoms with Crippen LogP contribution in [0.15, 0.2) is 23.1 Å². The van der Waals surface area contributed by atoms with Gasteiger partial charge in [-0.15, -0.1) is 11.8 Å². The van der Waals surface area contributed by atoms with Gasteiger partial charge in [-0.05, 0) is 63.5 Å². The molecule has 0 bridgehead atoms. The van der Waals surface area contributed by atoms with E-state index in [0.717, 1.165) is 12.0 Å². The normalized spacial score (nSPS) is 23.5. The predicted molar refractivity (Wildman–Crippen MR) is 81.4 cm³/mol. The van der Waals surface area contributed by atoms with Crippen molar-refractivity contribution in [1.29, 1.82) is 0 Å². The van der Waals surface area contributed by atoms with Crippen molar-refractivity contribution in [2.75, 3.05) is 12.8 Å². The Balaban J connectivity index is 1.83. The van der Waals surface area contributed by atoms with Crippen molar-refractivity contribution in [3.63, 3.8) is 0 Å². The van der Waals surface area contributed by atoms with Crippen LogP contribution >= 0.6 is 11.8 Å². The van der Waals surface area contributed by atoms with Gasteiger partial charge in [0, 0.05) is 10.9 Å². The Morgan fingerprint density at radius 3 is 2.89 bits per heavy atom. The van der Waals surface area contributed by atoms with Crippen molar-refractivity contribution in [2.45, 2.75) is 50.5 Å². The number of nitrogens with one attached hydrogen (secondary N) is 1. The van der Waals surface area contributed by atoms with E-state index in [0.29, 0.717) is 0 Å². The molecule has 1 fully saturated rings. The van der Waals surface area contributed by atoms with Gasteiger partial charge in [-0.25, -0.2) is 0 Å². The van der Waals surface area contributed by atoms with Crippen LogP contribution < -0.4 is 5.32 Å². The molecule has 0 saturated heterocycles. The Labute approximate surface area is 116 Å². The average Bonchev–Trinajstić information content (AvgIpc) is 2.81. The molecule has 2 heteroatoms. The molecule has 0 radical (unpaired) electrons. The van der Waals surface area contributed by atoms with Gasteiger partial charge in [0.1, 0.15) is 0 Å². The number of rotatable bonds is 5. The lowest BCUT2D eigenvalue weighted by Crippen LogP contribution is -2.29. The fraction of sp³-hybridized carbons (Fsp3) is 0.625. The molecule has 2 atom stereocenters. The van der Waals surface area contributed by atoms with Crippen molar-refractivity contribution in [2.24, 2.45) is 5.92 Å². The highest BCUT2D eigenvalue weighted by Crippen LogP contribution is 2.31. The van der Waals surface area contributed by atoms with E-state index in [9.17, 15) is 0 Å². The van der Waals surface area contributed by atoms with Crippen molar-refractivity contribution in [3.8, 4) is 0 Å². The Hall–Kier alpha value is -0.470. The molecular formula is C16H25NS. The Kier molecular flexibility index (Phi) is 5.13. The van der Waals surface area contributed by atoms with E-state index in [1.54, 1.807) is 0 Å². The van der Waals surface area contributed by atoms with E-state index in [1.807, 2.05) is 11.8 Å². The second-order valence-corrected chi connectivity index (χ2v) is 6.63. The summed E-state index contributed by atoms with van der Waals surface area (Å²) in [5.74, 6) is 2.15. The van der Waals surface area contributed by atoms with Gasteiger partial charge in [0.25, 0.3) is 0 Å². The highest BCUT2D eigenvalue weighted by molar-refractivity contribution is 7.99. The second-order valence-electron chi connectivity index (χ2n) is 5.49. The molecule has 1 N–H and O–H groups in total. The monoisotopic (exact) mass is 263 g/mol. The molecule has 0 heterocycles. The van der Waals surface area contributed by atoms with E-state index in [4.69, 9.17) is 0 Å². The first kappa shape index (κ1) is 14.0. The van der Waals surface area contributed by atoms with Crippen LogP contribution in [-0.2, 0) is 0 Å². The summed E-state index contributed by atoms with van der Waals surface area (Å²) in [6.07, 6.45) is 5.54. The zero-order chi connectivity index (χ0) is 13.0. The fourth-order valence-electron chi connectivity index (χ4n) is 2.95. The molecule has 0 amide bonds. The Bertz CT molecular complexity index is 389. The average molecular weight is 263 g/mol. The molecule has 1 aliphatic rings. The van der Waals surface area contributed by atoms with Crippen LogP contribution in [0.1, 0.15) is 36.8 Å². The molecule has 0 aliphatic heterocycles. The number of hydrogen-bond donors (Lipinski definition) is 1. The molecule has 1 aromatic carbocycles. The van der Waals surface area contributed by atoms with Crippen molar-refractivity contribution < 1.29 is 0 Å². The van der Waals surface area contributed by atoms with Gasteiger partial charge in [0.15, 0.2) is 0 Å². The van der Waals surface area contributed by atoms with Gasteiger partial charge in [0.2, 0.25) is 0 Å². The van der Waals surface area contributed by atoms with Crippen LogP contribution in [0.25, 0.3) is 0 Å². The molecule has 0 spiro atoms. The third-order valence-electron chi connectivity index (χ3n) is 4.12. The van der Waals surface area contributed by atoms with Crippen LogP contribution in [0.3, 0.4) is 0 Å². The van der Waals surface area contributed by atoms with Gasteiger partial charge in [0.05, 0.1) is 0 Å². The first-order valence-corrected chi connectivity index (χ1v) is 8.06. The van der Waals surface area contributed by atoms with Crippen LogP contribution in [-0.4, -0.2) is 18.8 Å². The second kappa shape index (κ2) is 6.63. The summed E-state index contributed by atoms with van der Waals surface area (Å²) in [5.41, 5.74) is 2.79. The van der Waals surface area contributed by atoms with E-state index >= 15 is 0 Å². The number of aryl methyl sites for hydroxylation is 2. The molecule has 100 valence electrons. The number of benzene rings is 1. The quantitative estimate of drug-likeness (QED) is 0.800. The third-order valence-corrected chi connectivity index (χ3v) is 5.31. The van der Waals surface area contributed by atoms with Crippen LogP contribution in [0.5, 0.6) is 0 Å². The van der Waals surface area contributed by atoms with Crippen LogP contribution in [0.4, 0.5) is 0 Å². The molecule has 18 heavy (non-hydrogen) atoms. The maximum Gasteiger partial charge on any atom is 0.0104 e. The van der Waals surface area contributed by atoms with Crippen LogP contribution in [0, 0.1) is 19.8 Å². The minimum Gasteiger partial charge on any atom is -0.317 e. The molecular weight excluding hydrogens is 238 g/mol. The minimum atomic E-state index is 0.768. The third kappa shape index (κ3) is 3.52. The maximum atomic E-state index is 3.47. The Morgan fingerprint density at radius 1 is 1.28 bits per heavy atom. The Morgan fingerprint density at radius 2 is 2.11 bits per heavy atom. The largest absolute Gasteiger partial charge is 0.317 e. The summed E-state index contributed by atoms with van der Waals surface area (Å²) in [5, 5.41) is 3.47. The van der Waals surface area contributed by atoms with Crippen molar-refractivity contribution in [3.05, 3.63) is 29.3 Å². The lowest BCUT2D eigenvalue weighted by Gasteiger charge is -2.18. The number of hydrogen-bond acceptors (Lipinski definition) is 2. The highest BCUT2D eigenvalue weighted by Gasteiger charge is 2.25. The van der Waals surface area contributed by atoms with E-state index in [1.165, 1.54) is 47.5 Å². The molecule has 1 aliphatic carbocycles. The van der Waals surface area contributed by atoms with Crippen molar-refractivity contribution in [1.82, 2.24) is 5.32 Å². The summed E-state index contributed by atoms with van der Waals surface area (Å²) in [6.45, 7) is 4.39. The minimum absolute atomic E-state index is 0.768. The molecule has 0 aromatic heterocycles. The highest BCUT2D eigenvalue weighted by atomic mass is 32.2. The summed E-state index contributed by atoms with van der Waals surface area (Å²) < 4.78 is 0. The topological polar surface area (TPSA) is 12.0 Å². The summed E-state index contributed by atoms with van der Waals surface area (Å²) in [6, 6.07) is 7.53. The zero-order valence-electron chi connectivity index (χ0n) is 11.8. The lowest BCUT2D eigenvalue weighted by molar-refractivity contribution is 0.417. The van der Waals surface area contributed by atoms with Gasteiger partial charge in [-0.3, -0.25) is 0 Å². The van der Waals surface area contributed by atoms with Gasteiger partial charge in [-0.1, -0.05) is 24.1 Å². The summed E-state index contributed by atoms with van der Waals surface area (Å²) in [7, 11) is 2.11. The van der Waals surface area contributed by atoms with Gasteiger partial charge in [-0.2, -0.15) is 0 Å². The zero-order valence-corrected chi connectivity index (χ0v) is 12.6. The first-order chi connectivity index (χ1) is 8.70. The predicted octanol–water partition coefficient (Wildman–Crippen LogP) is 4.17. The standard InChI is InChI=1S/C16H25NS/c1-12-7-8-13(2)16(11-12)18-10-9-14-5-4-6-15(14)17-3/h7-8,11,14-15,17H,4-6,9-10H2,1-3H3. The van der Waals surface area contributed by atoms with E-state index in [2.05, 4.69) is 44.4 Å². The first-order valence-electron chi connectivity index (χ1n) is 7.08. The lowest BCUT2D eigenvalue weighted by atomic mass is 10.0. The molecule has 2 rings (SSSR count). The summed E-state index contributed by atoms with van der Waals surface area (Å²) in [4.78, 5) is 1.47. The SMILES string of the molecule is CNC1CCCC1CCSc1cc(C)ccc1C. The molecule has 2 unspecified atom stereocenters. The maximum absolute atomic E-state index is 3.47. The molecule has 1 nitrogen and oxygen atoms in total. The van der Waals surface area contributed by atoms with E-state index in [-0.39, 0.29) is 0 Å². The number of thioether (sulfide) groups is 1. The summed E-state index contributed by atoms with van der Waals surface area (Å²) >= 11 is 2.03. The smallest absolute Gasteiger partial charge is 0.0104 e. The van der Waals surface area contributed by atoms with Gasteiger partial charge < -0.3 is 5.32 Å². The van der Waals surface area contributed by atoms with Gasteiger partial charge >= 0.3 is 0 Å². The fourth-order valence-corrected chi connectivity index (χ4v) is 4.15. The molecule has 1 saturated carbocycles.